The molecule has 1 saturated carbocycles. The maximum atomic E-state index is 13.4. The Kier molecular flexibility index (Phi) is 9.30. The van der Waals surface area contributed by atoms with Crippen molar-refractivity contribution < 1.29 is 19.1 Å². The van der Waals surface area contributed by atoms with Gasteiger partial charge in [-0.25, -0.2) is 14.8 Å². The molecule has 0 radical (unpaired) electrons. The number of nitrogens with zero attached hydrogens (tertiary/aromatic N) is 2. The summed E-state index contributed by atoms with van der Waals surface area (Å²) < 4.78 is 5.07. The van der Waals surface area contributed by atoms with Crippen LogP contribution in [0.2, 0.25) is 0 Å². The third-order valence-electron chi connectivity index (χ3n) is 7.69. The Labute approximate surface area is 227 Å². The number of hydrogen-bond donors (Lipinski definition) is 3. The number of fused-ring (bicyclic) bond motifs is 1. The van der Waals surface area contributed by atoms with Gasteiger partial charge in [-0.3, -0.25) is 9.89 Å². The highest BCUT2D eigenvalue weighted by Gasteiger charge is 2.51. The Bertz CT molecular complexity index is 1120. The Morgan fingerprint density at radius 1 is 1.21 bits per heavy atom. The molecule has 2 aliphatic rings. The Hall–Kier alpha value is -2.85. The molecule has 0 spiro atoms. The largest absolute Gasteiger partial charge is 0.382 e. The van der Waals surface area contributed by atoms with E-state index in [4.69, 9.17) is 4.74 Å². The van der Waals surface area contributed by atoms with E-state index in [1.165, 1.54) is 0 Å². The van der Waals surface area contributed by atoms with Crippen molar-refractivity contribution in [2.45, 2.75) is 69.3 Å². The average molecular weight is 546 g/mol. The second-order valence-electron chi connectivity index (χ2n) is 11.2. The number of ether oxygens (including phenoxy) is 1. The number of hydrogen-bond acceptors (Lipinski definition) is 5. The van der Waals surface area contributed by atoms with Gasteiger partial charge in [0.2, 0.25) is 5.91 Å². The fourth-order valence-corrected chi connectivity index (χ4v) is 7.20. The molecule has 210 valence electrons. The van der Waals surface area contributed by atoms with Crippen molar-refractivity contribution in [3.63, 3.8) is 0 Å². The van der Waals surface area contributed by atoms with Crippen molar-refractivity contribution in [3.8, 4) is 0 Å². The molecule has 2 aromatic rings. The number of methoxy groups -OCH3 is 1. The summed E-state index contributed by atoms with van der Waals surface area (Å²) in [5.74, 6) is 0.593. The van der Waals surface area contributed by atoms with Crippen molar-refractivity contribution in [1.29, 1.82) is 0 Å². The van der Waals surface area contributed by atoms with Crippen LogP contribution >= 0.6 is 10.0 Å². The van der Waals surface area contributed by atoms with Crippen LogP contribution in [0, 0.1) is 0 Å². The zero-order valence-electron chi connectivity index (χ0n) is 23.7. The van der Waals surface area contributed by atoms with Crippen LogP contribution in [0.3, 0.4) is 0 Å². The van der Waals surface area contributed by atoms with Gasteiger partial charge in [0.05, 0.1) is 35.2 Å². The number of nitrogens with one attached hydrogen (secondary N) is 3. The number of amides is 3. The summed E-state index contributed by atoms with van der Waals surface area (Å²) in [6.07, 6.45) is 11.1. The molecule has 10 heteroatoms. The zero-order chi connectivity index (χ0) is 28.1. The van der Waals surface area contributed by atoms with Crippen molar-refractivity contribution >= 4 is 34.1 Å². The summed E-state index contributed by atoms with van der Waals surface area (Å²) in [4.78, 5) is 37.7. The molecular formula is C28H43N5O4S. The molecule has 3 amide bonds. The molecule has 38 heavy (non-hydrogen) atoms. The summed E-state index contributed by atoms with van der Waals surface area (Å²) in [5, 5.41) is 13.8. The van der Waals surface area contributed by atoms with Gasteiger partial charge in [0.25, 0.3) is 0 Å². The van der Waals surface area contributed by atoms with Gasteiger partial charge in [-0.2, -0.15) is 5.10 Å². The first-order chi connectivity index (χ1) is 17.9. The standard InChI is InChI=1S/C25H37N5O3S.C3H6O/c1-24(2)20-18(21(29-28-20)27-22(31)25(13-10-14-25)34(4,5)6)15-30(24)23(32)26-19(16-33-3)17-11-8-7-9-12-17;1-2-3-4/h7-9,11-12,19H,10,13-16H2,1-6H3,(H,26,32)(H2,27,28,29,31);3H,2H2,1H3. The van der Waals surface area contributed by atoms with E-state index < -0.39 is 15.6 Å². The highest BCUT2D eigenvalue weighted by Crippen LogP contribution is 2.60. The number of urea groups is 1. The molecule has 1 aliphatic heterocycles. The van der Waals surface area contributed by atoms with Crippen LogP contribution in [0.25, 0.3) is 0 Å². The molecule has 0 saturated heterocycles. The van der Waals surface area contributed by atoms with Crippen LogP contribution in [0.4, 0.5) is 10.6 Å². The van der Waals surface area contributed by atoms with Gasteiger partial charge >= 0.3 is 6.03 Å². The van der Waals surface area contributed by atoms with E-state index in [0.29, 0.717) is 25.4 Å². The number of aromatic amines is 1. The SMILES string of the molecule is CCC=O.COCC(NC(=O)N1Cc2c(NC(=O)C3(S(C)(C)C)CCC3)n[nH]c2C1(C)C)c1ccccc1. The van der Waals surface area contributed by atoms with Crippen molar-refractivity contribution in [1.82, 2.24) is 20.4 Å². The van der Waals surface area contributed by atoms with E-state index in [2.05, 4.69) is 39.6 Å². The van der Waals surface area contributed by atoms with Crippen molar-refractivity contribution in [3.05, 3.63) is 47.2 Å². The van der Waals surface area contributed by atoms with Crippen molar-refractivity contribution in [2.75, 3.05) is 37.8 Å². The lowest BCUT2D eigenvalue weighted by Gasteiger charge is -2.53. The quantitative estimate of drug-likeness (QED) is 0.416. The van der Waals surface area contributed by atoms with Crippen LogP contribution in [-0.4, -0.2) is 70.6 Å². The number of benzene rings is 1. The van der Waals surface area contributed by atoms with Gasteiger partial charge in [0, 0.05) is 19.1 Å². The van der Waals surface area contributed by atoms with Crippen LogP contribution in [0.15, 0.2) is 30.3 Å². The maximum absolute atomic E-state index is 13.4. The molecule has 9 nitrogen and oxygen atoms in total. The number of anilines is 1. The number of H-pyrrole nitrogens is 1. The van der Waals surface area contributed by atoms with E-state index in [1.54, 1.807) is 12.0 Å². The van der Waals surface area contributed by atoms with Crippen LogP contribution < -0.4 is 10.6 Å². The summed E-state index contributed by atoms with van der Waals surface area (Å²) in [6.45, 7) is 6.53. The van der Waals surface area contributed by atoms with E-state index >= 15 is 0 Å². The highest BCUT2D eigenvalue weighted by atomic mass is 32.3. The molecule has 1 aromatic heterocycles. The first-order valence-electron chi connectivity index (χ1n) is 13.1. The number of aromatic nitrogens is 2. The zero-order valence-corrected chi connectivity index (χ0v) is 24.5. The van der Waals surface area contributed by atoms with Gasteiger partial charge in [-0.15, -0.1) is 0 Å². The minimum absolute atomic E-state index is 0.0560. The molecule has 1 atom stereocenters. The number of rotatable bonds is 8. The first kappa shape index (κ1) is 29.7. The monoisotopic (exact) mass is 545 g/mol. The molecule has 3 N–H and O–H groups in total. The number of carbonyl (C=O) groups excluding carboxylic acids is 3. The van der Waals surface area contributed by atoms with Gasteiger partial charge in [0.1, 0.15) is 6.29 Å². The summed E-state index contributed by atoms with van der Waals surface area (Å²) in [6, 6.07) is 9.35. The van der Waals surface area contributed by atoms with Crippen LogP contribution in [0.5, 0.6) is 0 Å². The van der Waals surface area contributed by atoms with Crippen LogP contribution in [0.1, 0.15) is 69.3 Å². The normalized spacial score (nSPS) is 18.2. The minimum Gasteiger partial charge on any atom is -0.382 e. The van der Waals surface area contributed by atoms with E-state index in [9.17, 15) is 14.4 Å². The number of aldehydes is 1. The fraction of sp³-hybridized carbons (Fsp3) is 0.571. The topological polar surface area (TPSA) is 116 Å². The predicted molar refractivity (Wildman–Crippen MR) is 154 cm³/mol. The highest BCUT2D eigenvalue weighted by molar-refractivity contribution is 8.33. The van der Waals surface area contributed by atoms with E-state index in [1.807, 2.05) is 51.1 Å². The summed E-state index contributed by atoms with van der Waals surface area (Å²) >= 11 is 0. The molecule has 2 heterocycles. The smallest absolute Gasteiger partial charge is 0.319 e. The third kappa shape index (κ3) is 5.76. The molecule has 1 unspecified atom stereocenters. The van der Waals surface area contributed by atoms with Gasteiger partial charge in [0.15, 0.2) is 5.82 Å². The molecule has 1 aromatic carbocycles. The lowest BCUT2D eigenvalue weighted by atomic mass is 9.83. The molecule has 1 aliphatic carbocycles. The lowest BCUT2D eigenvalue weighted by Crippen LogP contribution is -2.51. The molecule has 4 rings (SSSR count). The van der Waals surface area contributed by atoms with Gasteiger partial charge in [-0.1, -0.05) is 37.3 Å². The van der Waals surface area contributed by atoms with E-state index in [-0.39, 0.29) is 22.7 Å². The Morgan fingerprint density at radius 3 is 2.34 bits per heavy atom. The lowest BCUT2D eigenvalue weighted by molar-refractivity contribution is -0.120. The second kappa shape index (κ2) is 11.9. The summed E-state index contributed by atoms with van der Waals surface area (Å²) in [5.41, 5.74) is 2.10. The molecule has 0 bridgehead atoms. The van der Waals surface area contributed by atoms with Gasteiger partial charge in [-0.05, 0) is 57.4 Å². The minimum atomic E-state index is -1.07. The fourth-order valence-electron chi connectivity index (χ4n) is 5.08. The van der Waals surface area contributed by atoms with Crippen LogP contribution in [-0.2, 0) is 26.4 Å². The summed E-state index contributed by atoms with van der Waals surface area (Å²) in [7, 11) is 0.553. The number of carbonyl (C=O) groups is 3. The second-order valence-corrected chi connectivity index (χ2v) is 15.6. The van der Waals surface area contributed by atoms with Crippen molar-refractivity contribution in [2.24, 2.45) is 0 Å². The third-order valence-corrected chi connectivity index (χ3v) is 10.6. The molecular weight excluding hydrogens is 502 g/mol. The Morgan fingerprint density at radius 2 is 1.84 bits per heavy atom. The Balaban J connectivity index is 0.000000934. The predicted octanol–water partition coefficient (Wildman–Crippen LogP) is 4.71. The first-order valence-corrected chi connectivity index (χ1v) is 15.9. The average Bonchev–Trinajstić information content (AvgIpc) is 3.35. The van der Waals surface area contributed by atoms with E-state index in [0.717, 1.165) is 42.4 Å². The molecule has 1 fully saturated rings. The van der Waals surface area contributed by atoms with Gasteiger partial charge < -0.3 is 25.1 Å². The maximum Gasteiger partial charge on any atom is 0.319 e.